The highest BCUT2D eigenvalue weighted by Gasteiger charge is 2.25. The van der Waals surface area contributed by atoms with E-state index in [0.29, 0.717) is 0 Å². The lowest BCUT2D eigenvalue weighted by Gasteiger charge is -2.36. The maximum absolute atomic E-state index is 12.8. The van der Waals surface area contributed by atoms with E-state index in [9.17, 15) is 4.79 Å². The van der Waals surface area contributed by atoms with Crippen molar-refractivity contribution < 1.29 is 9.53 Å². The number of rotatable bonds is 6. The molecule has 0 aliphatic carbocycles. The number of hydrogen-bond donors (Lipinski definition) is 0. The first-order valence-electron chi connectivity index (χ1n) is 9.42. The van der Waals surface area contributed by atoms with Gasteiger partial charge in [-0.05, 0) is 43.7 Å². The van der Waals surface area contributed by atoms with Crippen molar-refractivity contribution in [3.63, 3.8) is 0 Å². The van der Waals surface area contributed by atoms with E-state index in [1.54, 1.807) is 18.9 Å². The molecule has 0 N–H and O–H groups in total. The smallest absolute Gasteiger partial charge is 0.235 e. The minimum atomic E-state index is -0.0548. The molecule has 0 bridgehead atoms. The Morgan fingerprint density at radius 1 is 1.04 bits per heavy atom. The third-order valence-electron chi connectivity index (χ3n) is 4.93. The zero-order valence-corrected chi connectivity index (χ0v) is 17.2. The number of methoxy groups -OCH3 is 1. The fraction of sp³-hybridized carbons (Fsp3) is 0.409. The van der Waals surface area contributed by atoms with Gasteiger partial charge in [0.1, 0.15) is 5.75 Å². The van der Waals surface area contributed by atoms with Gasteiger partial charge >= 0.3 is 0 Å². The van der Waals surface area contributed by atoms with Crippen LogP contribution >= 0.6 is 11.8 Å². The molecule has 3 rings (SSSR count). The number of aryl methyl sites for hydroxylation is 1. The van der Waals surface area contributed by atoms with Gasteiger partial charge in [-0.25, -0.2) is 0 Å². The summed E-state index contributed by atoms with van der Waals surface area (Å²) < 4.78 is 5.21. The summed E-state index contributed by atoms with van der Waals surface area (Å²) >= 11 is 1.64. The molecule has 1 atom stereocenters. The third kappa shape index (κ3) is 5.50. The van der Waals surface area contributed by atoms with Crippen LogP contribution in [0.25, 0.3) is 0 Å². The normalized spacial score (nSPS) is 16.2. The van der Waals surface area contributed by atoms with Crippen molar-refractivity contribution >= 4 is 17.7 Å². The van der Waals surface area contributed by atoms with Gasteiger partial charge in [0, 0.05) is 37.6 Å². The SMILES string of the molecule is COc1ccc(CN2CCN(C(=O)[C@@H](C)Sc3ccc(C)cc3)CC2)cc1. The van der Waals surface area contributed by atoms with Crippen LogP contribution in [0.4, 0.5) is 0 Å². The lowest BCUT2D eigenvalue weighted by molar-refractivity contribution is -0.132. The van der Waals surface area contributed by atoms with Gasteiger partial charge in [0.05, 0.1) is 12.4 Å². The molecule has 4 nitrogen and oxygen atoms in total. The highest BCUT2D eigenvalue weighted by atomic mass is 32.2. The number of nitrogens with zero attached hydrogens (tertiary/aromatic N) is 2. The van der Waals surface area contributed by atoms with Crippen LogP contribution in [-0.2, 0) is 11.3 Å². The number of hydrogen-bond acceptors (Lipinski definition) is 4. The molecule has 1 fully saturated rings. The Kier molecular flexibility index (Phi) is 6.80. The Morgan fingerprint density at radius 2 is 1.67 bits per heavy atom. The first-order valence-corrected chi connectivity index (χ1v) is 10.3. The number of benzene rings is 2. The van der Waals surface area contributed by atoms with Crippen LogP contribution in [0, 0.1) is 6.92 Å². The maximum Gasteiger partial charge on any atom is 0.235 e. The predicted molar refractivity (Wildman–Crippen MR) is 111 cm³/mol. The van der Waals surface area contributed by atoms with Crippen molar-refractivity contribution in [2.75, 3.05) is 33.3 Å². The second-order valence-electron chi connectivity index (χ2n) is 7.02. The van der Waals surface area contributed by atoms with E-state index in [0.717, 1.165) is 43.4 Å². The first-order chi connectivity index (χ1) is 13.0. The van der Waals surface area contributed by atoms with E-state index < -0.39 is 0 Å². The molecular weight excluding hydrogens is 356 g/mol. The molecule has 1 aliphatic rings. The molecule has 2 aromatic rings. The van der Waals surface area contributed by atoms with Crippen LogP contribution < -0.4 is 4.74 Å². The van der Waals surface area contributed by atoms with Crippen LogP contribution in [0.15, 0.2) is 53.4 Å². The van der Waals surface area contributed by atoms with E-state index in [2.05, 4.69) is 48.2 Å². The van der Waals surface area contributed by atoms with Gasteiger partial charge in [-0.1, -0.05) is 29.8 Å². The summed E-state index contributed by atoms with van der Waals surface area (Å²) in [5.41, 5.74) is 2.52. The standard InChI is InChI=1S/C22H28N2O2S/c1-17-4-10-21(11-5-17)27-18(2)22(25)24-14-12-23(13-15-24)16-19-6-8-20(26-3)9-7-19/h4-11,18H,12-16H2,1-3H3/t18-/m1/s1. The van der Waals surface area contributed by atoms with Gasteiger partial charge in [-0.3, -0.25) is 9.69 Å². The van der Waals surface area contributed by atoms with Crippen molar-refractivity contribution in [3.8, 4) is 5.75 Å². The van der Waals surface area contributed by atoms with Gasteiger partial charge in [-0.2, -0.15) is 0 Å². The van der Waals surface area contributed by atoms with E-state index in [4.69, 9.17) is 4.74 Å². The minimum Gasteiger partial charge on any atom is -0.497 e. The summed E-state index contributed by atoms with van der Waals surface area (Å²) in [5, 5.41) is -0.0548. The Labute approximate surface area is 166 Å². The summed E-state index contributed by atoms with van der Waals surface area (Å²) in [6.45, 7) is 8.44. The molecular formula is C22H28N2O2S. The molecule has 0 saturated carbocycles. The maximum atomic E-state index is 12.8. The van der Waals surface area contributed by atoms with Crippen molar-refractivity contribution in [3.05, 3.63) is 59.7 Å². The van der Waals surface area contributed by atoms with Gasteiger partial charge < -0.3 is 9.64 Å². The third-order valence-corrected chi connectivity index (χ3v) is 6.03. The summed E-state index contributed by atoms with van der Waals surface area (Å²) in [6.07, 6.45) is 0. The van der Waals surface area contributed by atoms with Gasteiger partial charge in [-0.15, -0.1) is 11.8 Å². The number of carbonyl (C=O) groups excluding carboxylic acids is 1. The second-order valence-corrected chi connectivity index (χ2v) is 8.44. The Balaban J connectivity index is 1.47. The zero-order chi connectivity index (χ0) is 19.2. The lowest BCUT2D eigenvalue weighted by atomic mass is 10.2. The number of piperazine rings is 1. The first kappa shape index (κ1) is 19.8. The van der Waals surface area contributed by atoms with Crippen LogP contribution in [-0.4, -0.2) is 54.2 Å². The molecule has 27 heavy (non-hydrogen) atoms. The van der Waals surface area contributed by atoms with Gasteiger partial charge in [0.15, 0.2) is 0 Å². The van der Waals surface area contributed by atoms with Crippen LogP contribution in [0.5, 0.6) is 5.75 Å². The fourth-order valence-electron chi connectivity index (χ4n) is 3.24. The highest BCUT2D eigenvalue weighted by Crippen LogP contribution is 2.25. The lowest BCUT2D eigenvalue weighted by Crippen LogP contribution is -2.50. The molecule has 0 spiro atoms. The predicted octanol–water partition coefficient (Wildman–Crippen LogP) is 3.83. The second kappa shape index (κ2) is 9.29. The van der Waals surface area contributed by atoms with E-state index in [1.807, 2.05) is 24.0 Å². The van der Waals surface area contributed by atoms with E-state index >= 15 is 0 Å². The van der Waals surface area contributed by atoms with Crippen LogP contribution in [0.1, 0.15) is 18.1 Å². The number of carbonyl (C=O) groups is 1. The van der Waals surface area contributed by atoms with Crippen molar-refractivity contribution in [1.82, 2.24) is 9.80 Å². The molecule has 2 aromatic carbocycles. The molecule has 1 aliphatic heterocycles. The topological polar surface area (TPSA) is 32.8 Å². The highest BCUT2D eigenvalue weighted by molar-refractivity contribution is 8.00. The fourth-order valence-corrected chi connectivity index (χ4v) is 4.20. The molecule has 0 aromatic heterocycles. The van der Waals surface area contributed by atoms with Crippen LogP contribution in [0.3, 0.4) is 0 Å². The summed E-state index contributed by atoms with van der Waals surface area (Å²) in [6, 6.07) is 16.6. The molecule has 1 saturated heterocycles. The average molecular weight is 385 g/mol. The van der Waals surface area contributed by atoms with Gasteiger partial charge in [0.25, 0.3) is 0 Å². The Hall–Kier alpha value is -1.98. The molecule has 0 radical (unpaired) electrons. The zero-order valence-electron chi connectivity index (χ0n) is 16.4. The monoisotopic (exact) mass is 384 g/mol. The van der Waals surface area contributed by atoms with Crippen molar-refractivity contribution in [1.29, 1.82) is 0 Å². The number of amides is 1. The number of ether oxygens (including phenoxy) is 1. The molecule has 0 unspecified atom stereocenters. The Morgan fingerprint density at radius 3 is 2.26 bits per heavy atom. The minimum absolute atomic E-state index is 0.0548. The van der Waals surface area contributed by atoms with E-state index in [1.165, 1.54) is 11.1 Å². The quantitative estimate of drug-likeness (QED) is 0.709. The van der Waals surface area contributed by atoms with Crippen molar-refractivity contribution in [2.24, 2.45) is 0 Å². The largest absolute Gasteiger partial charge is 0.497 e. The van der Waals surface area contributed by atoms with Crippen LogP contribution in [0.2, 0.25) is 0 Å². The molecule has 5 heteroatoms. The average Bonchev–Trinajstić information content (AvgIpc) is 2.70. The summed E-state index contributed by atoms with van der Waals surface area (Å²) in [5.74, 6) is 1.12. The van der Waals surface area contributed by atoms with E-state index in [-0.39, 0.29) is 11.2 Å². The number of thioether (sulfide) groups is 1. The van der Waals surface area contributed by atoms with Gasteiger partial charge in [0.2, 0.25) is 5.91 Å². The summed E-state index contributed by atoms with van der Waals surface area (Å²) in [4.78, 5) is 18.3. The van der Waals surface area contributed by atoms with Crippen molar-refractivity contribution in [2.45, 2.75) is 30.5 Å². The Bertz CT molecular complexity index is 738. The summed E-state index contributed by atoms with van der Waals surface area (Å²) in [7, 11) is 1.68. The molecule has 144 valence electrons. The molecule has 1 amide bonds. The molecule has 1 heterocycles.